The van der Waals surface area contributed by atoms with Crippen LogP contribution in [0.4, 0.5) is 4.39 Å². The zero-order valence-corrected chi connectivity index (χ0v) is 25.1. The van der Waals surface area contributed by atoms with E-state index in [4.69, 9.17) is 9.16 Å². The predicted octanol–water partition coefficient (Wildman–Crippen LogP) is 7.22. The van der Waals surface area contributed by atoms with Crippen LogP contribution in [0.5, 0.6) is 0 Å². The highest BCUT2D eigenvalue weighted by molar-refractivity contribution is 6.69. The van der Waals surface area contributed by atoms with Crippen molar-refractivity contribution in [2.24, 2.45) is 52.3 Å². The molecule has 0 amide bonds. The van der Waals surface area contributed by atoms with Gasteiger partial charge in [-0.15, -0.1) is 0 Å². The zero-order valence-electron chi connectivity index (χ0n) is 24.1. The van der Waals surface area contributed by atoms with Crippen molar-refractivity contribution in [2.75, 3.05) is 7.11 Å². The van der Waals surface area contributed by atoms with Gasteiger partial charge in [-0.2, -0.15) is 0 Å². The number of carbonyl (C=O) groups excluding carboxylic acids is 2. The van der Waals surface area contributed by atoms with E-state index >= 15 is 4.39 Å². The second-order valence-electron chi connectivity index (χ2n) is 14.3. The smallest absolute Gasteiger partial charge is 0.308 e. The Labute approximate surface area is 220 Å². The van der Waals surface area contributed by atoms with Crippen molar-refractivity contribution in [3.63, 3.8) is 0 Å². The maximum absolute atomic E-state index is 15.5. The lowest BCUT2D eigenvalue weighted by molar-refractivity contribution is -0.178. The largest absolute Gasteiger partial charge is 0.469 e. The standard InChI is InChI=1S/C30H51FO4Si/c1-9-19(28(33)34-5)16-18(2)20-10-11-21-26-22(12-14-29(20,21)3)30(4)15-13-24(32)27(31)23(30)17-25(26)35-36(6,7)8/h18-23,25-27H,9-17H2,1-8H3/t18?,19?,20-,21+,22+,23-,25-,26+,27-,29-,30-/m1/s1. The first-order valence-electron chi connectivity index (χ1n) is 14.7. The Kier molecular flexibility index (Phi) is 7.92. The van der Waals surface area contributed by atoms with Crippen LogP contribution in [-0.4, -0.2) is 39.5 Å². The average Bonchev–Trinajstić information content (AvgIpc) is 3.17. The number of methoxy groups -OCH3 is 1. The monoisotopic (exact) mass is 522 g/mol. The molecule has 0 spiro atoms. The molecule has 0 aromatic carbocycles. The fourth-order valence-electron chi connectivity index (χ4n) is 9.78. The van der Waals surface area contributed by atoms with Crippen LogP contribution in [-0.2, 0) is 18.8 Å². The van der Waals surface area contributed by atoms with E-state index in [0.717, 1.165) is 32.1 Å². The highest BCUT2D eigenvalue weighted by Gasteiger charge is 2.65. The van der Waals surface area contributed by atoms with Gasteiger partial charge in [0.1, 0.15) is 0 Å². The summed E-state index contributed by atoms with van der Waals surface area (Å²) in [7, 11) is -0.350. The average molecular weight is 523 g/mol. The van der Waals surface area contributed by atoms with Crippen molar-refractivity contribution < 1.29 is 23.1 Å². The molecular formula is C30H51FO4Si. The third-order valence-corrected chi connectivity index (χ3v) is 12.5. The van der Waals surface area contributed by atoms with Gasteiger partial charge in [-0.3, -0.25) is 9.59 Å². The fraction of sp³-hybridized carbons (Fsp3) is 0.933. The van der Waals surface area contributed by atoms with E-state index in [0.29, 0.717) is 42.4 Å². The van der Waals surface area contributed by atoms with Gasteiger partial charge in [0, 0.05) is 18.4 Å². The van der Waals surface area contributed by atoms with Gasteiger partial charge in [0.2, 0.25) is 0 Å². The lowest BCUT2D eigenvalue weighted by atomic mass is 9.43. The van der Waals surface area contributed by atoms with Crippen LogP contribution in [0, 0.1) is 52.3 Å². The van der Waals surface area contributed by atoms with Gasteiger partial charge >= 0.3 is 5.97 Å². The van der Waals surface area contributed by atoms with Crippen LogP contribution in [0.15, 0.2) is 0 Å². The molecule has 0 aromatic heterocycles. The molecule has 2 unspecified atom stereocenters. The second kappa shape index (κ2) is 10.1. The molecule has 6 heteroatoms. The first-order chi connectivity index (χ1) is 16.8. The molecule has 4 fully saturated rings. The summed E-state index contributed by atoms with van der Waals surface area (Å²) in [5.74, 6) is 2.00. The van der Waals surface area contributed by atoms with Crippen LogP contribution < -0.4 is 0 Å². The molecular weight excluding hydrogens is 471 g/mol. The first-order valence-corrected chi connectivity index (χ1v) is 18.1. The minimum Gasteiger partial charge on any atom is -0.469 e. The Morgan fingerprint density at radius 3 is 2.36 bits per heavy atom. The Morgan fingerprint density at radius 2 is 1.75 bits per heavy atom. The van der Waals surface area contributed by atoms with Crippen molar-refractivity contribution in [1.82, 2.24) is 0 Å². The van der Waals surface area contributed by atoms with Crippen molar-refractivity contribution >= 4 is 20.1 Å². The molecule has 0 radical (unpaired) electrons. The maximum atomic E-state index is 15.5. The van der Waals surface area contributed by atoms with E-state index in [-0.39, 0.29) is 40.5 Å². The SMILES string of the molecule is CCC(CC(C)[C@H]1CC[C@H]2[C@@H]3[C@H](O[Si](C)(C)C)C[C@@H]4[C@@H](F)C(=O)CC[C@]4(C)[C@H]3CC[C@]12C)C(=O)OC. The summed E-state index contributed by atoms with van der Waals surface area (Å²) in [5.41, 5.74) is 0.110. The molecule has 4 saturated carbocycles. The molecule has 0 aromatic rings. The third-order valence-electron chi connectivity index (χ3n) is 11.5. The van der Waals surface area contributed by atoms with E-state index in [1.54, 1.807) is 0 Å². The van der Waals surface area contributed by atoms with Crippen LogP contribution >= 0.6 is 0 Å². The zero-order chi connectivity index (χ0) is 26.6. The Bertz CT molecular complexity index is 841. The van der Waals surface area contributed by atoms with Crippen LogP contribution in [0.2, 0.25) is 19.6 Å². The number of carbonyl (C=O) groups is 2. The van der Waals surface area contributed by atoms with Crippen LogP contribution in [0.3, 0.4) is 0 Å². The van der Waals surface area contributed by atoms with Crippen molar-refractivity contribution in [3.8, 4) is 0 Å². The highest BCUT2D eigenvalue weighted by atomic mass is 28.4. The normalized spacial score (nSPS) is 44.2. The number of ether oxygens (including phenoxy) is 1. The molecule has 11 atom stereocenters. The molecule has 4 rings (SSSR count). The summed E-state index contributed by atoms with van der Waals surface area (Å²) < 4.78 is 27.5. The van der Waals surface area contributed by atoms with Gasteiger partial charge < -0.3 is 9.16 Å². The Balaban J connectivity index is 1.64. The molecule has 0 bridgehead atoms. The minimum absolute atomic E-state index is 0.0254. The van der Waals surface area contributed by atoms with Crippen molar-refractivity contribution in [1.29, 1.82) is 0 Å². The molecule has 0 heterocycles. The number of rotatable bonds is 7. The van der Waals surface area contributed by atoms with Gasteiger partial charge in [0.15, 0.2) is 20.3 Å². The number of Topliss-reactive ketones (excluding diaryl/α,β-unsaturated/α-hetero) is 1. The van der Waals surface area contributed by atoms with Crippen molar-refractivity contribution in [3.05, 3.63) is 0 Å². The lowest BCUT2D eigenvalue weighted by Gasteiger charge is -2.63. The van der Waals surface area contributed by atoms with Crippen LogP contribution in [0.25, 0.3) is 0 Å². The molecule has 0 aliphatic heterocycles. The summed E-state index contributed by atoms with van der Waals surface area (Å²) in [5, 5.41) is 0. The topological polar surface area (TPSA) is 52.6 Å². The van der Waals surface area contributed by atoms with E-state index in [2.05, 4.69) is 47.3 Å². The van der Waals surface area contributed by atoms with E-state index < -0.39 is 14.5 Å². The molecule has 206 valence electrons. The highest BCUT2D eigenvalue weighted by Crippen LogP contribution is 2.69. The van der Waals surface area contributed by atoms with Gasteiger partial charge in [0.25, 0.3) is 0 Å². The summed E-state index contributed by atoms with van der Waals surface area (Å²) in [6.45, 7) is 16.0. The molecule has 4 nitrogen and oxygen atoms in total. The van der Waals surface area contributed by atoms with Crippen molar-refractivity contribution in [2.45, 2.75) is 117 Å². The number of ketones is 1. The number of esters is 1. The summed E-state index contributed by atoms with van der Waals surface area (Å²) in [4.78, 5) is 24.8. The summed E-state index contributed by atoms with van der Waals surface area (Å²) >= 11 is 0. The van der Waals surface area contributed by atoms with E-state index in [1.165, 1.54) is 20.0 Å². The quantitative estimate of drug-likeness (QED) is 0.262. The van der Waals surface area contributed by atoms with Gasteiger partial charge in [-0.1, -0.05) is 27.7 Å². The lowest BCUT2D eigenvalue weighted by Crippen LogP contribution is -2.62. The van der Waals surface area contributed by atoms with Gasteiger partial charge in [-0.05, 0) is 111 Å². The van der Waals surface area contributed by atoms with Crippen LogP contribution in [0.1, 0.15) is 85.5 Å². The summed E-state index contributed by atoms with van der Waals surface area (Å²) in [6.07, 6.45) is 7.04. The molecule has 4 aliphatic carbocycles. The first kappa shape index (κ1) is 28.3. The molecule has 0 N–H and O–H groups in total. The van der Waals surface area contributed by atoms with Gasteiger partial charge in [0.05, 0.1) is 13.0 Å². The molecule has 4 aliphatic rings. The minimum atomic E-state index is -1.85. The van der Waals surface area contributed by atoms with E-state index in [9.17, 15) is 9.59 Å². The number of hydrogen-bond donors (Lipinski definition) is 0. The summed E-state index contributed by atoms with van der Waals surface area (Å²) in [6, 6.07) is 0. The maximum Gasteiger partial charge on any atom is 0.308 e. The number of fused-ring (bicyclic) bond motifs is 5. The number of alkyl halides is 1. The van der Waals surface area contributed by atoms with Gasteiger partial charge in [-0.25, -0.2) is 4.39 Å². The second-order valence-corrected chi connectivity index (χ2v) is 18.8. The Morgan fingerprint density at radius 1 is 1.08 bits per heavy atom. The Hall–Kier alpha value is -0.753. The third kappa shape index (κ3) is 4.76. The molecule has 36 heavy (non-hydrogen) atoms. The molecule has 0 saturated heterocycles. The number of hydrogen-bond acceptors (Lipinski definition) is 4. The number of halogens is 1. The van der Waals surface area contributed by atoms with E-state index in [1.807, 2.05) is 0 Å². The fourth-order valence-corrected chi connectivity index (χ4v) is 10.9. The predicted molar refractivity (Wildman–Crippen MR) is 144 cm³/mol.